The van der Waals surface area contributed by atoms with E-state index in [1.54, 1.807) is 13.8 Å². The number of amides is 3. The molecule has 6 rings (SSSR count). The van der Waals surface area contributed by atoms with Crippen LogP contribution in [0.5, 0.6) is 11.5 Å². The summed E-state index contributed by atoms with van der Waals surface area (Å²) in [6, 6.07) is 4.44. The second kappa shape index (κ2) is 19.2. The minimum atomic E-state index is -4.86. The minimum Gasteiger partial charge on any atom is -0.509 e. The van der Waals surface area contributed by atoms with Crippen LogP contribution in [0.3, 0.4) is 0 Å². The normalized spacial score (nSPS) is 17.9. The number of alkyl halides is 6. The summed E-state index contributed by atoms with van der Waals surface area (Å²) in [5.41, 5.74) is -0.836. The third kappa shape index (κ3) is 11.2. The predicted octanol–water partition coefficient (Wildman–Crippen LogP) is 10.2. The van der Waals surface area contributed by atoms with E-state index in [1.165, 1.54) is 6.08 Å². The van der Waals surface area contributed by atoms with E-state index in [1.807, 2.05) is 0 Å². The number of nitrogens with zero attached hydrogens (tertiary/aromatic N) is 1. The Hall–Kier alpha value is -3.59. The fourth-order valence-electron chi connectivity index (χ4n) is 6.94. The van der Waals surface area contributed by atoms with Crippen LogP contribution in [0, 0.1) is 0 Å². The lowest BCUT2D eigenvalue weighted by molar-refractivity contribution is -0.275. The molecule has 0 unspecified atom stereocenters. The second-order valence-electron chi connectivity index (χ2n) is 13.0. The van der Waals surface area contributed by atoms with Crippen molar-refractivity contribution in [2.45, 2.75) is 89.0 Å². The van der Waals surface area contributed by atoms with Gasteiger partial charge in [-0.15, -0.1) is 26.3 Å². The Balaban J connectivity index is 0.000000233. The molecule has 22 heteroatoms. The van der Waals surface area contributed by atoms with Crippen molar-refractivity contribution in [1.29, 1.82) is 0 Å². The average Bonchev–Trinajstić information content (AvgIpc) is 3.86. The number of isocyanates is 1. The summed E-state index contributed by atoms with van der Waals surface area (Å²) in [6.45, 7) is 4.40. The first kappa shape index (κ1) is 47.1. The zero-order valence-electron chi connectivity index (χ0n) is 30.4. The molecule has 2 aromatic rings. The molecule has 12 nitrogen and oxygen atoms in total. The lowest BCUT2D eigenvalue weighted by Gasteiger charge is -2.26. The number of aliphatic hydroxyl groups is 1. The Morgan fingerprint density at radius 3 is 1.55 bits per heavy atom. The SMILES string of the molecule is CCN=C=O.CCNC(=O)OC1=C(c2c(Br)cc(OC(F)(F)F)cc2Br)C(=O)NC12CCCC2.O=C1NC2(CCCC2)C(O)=C1c1c(Br)cc(OC(F)(F)F)cc1Br. The van der Waals surface area contributed by atoms with Gasteiger partial charge in [-0.05, 0) is 128 Å². The molecule has 2 saturated carbocycles. The summed E-state index contributed by atoms with van der Waals surface area (Å²) in [5, 5.41) is 18.9. The summed E-state index contributed by atoms with van der Waals surface area (Å²) < 4.78 is 88.9. The Labute approximate surface area is 361 Å². The number of carbonyl (C=O) groups is 3. The molecule has 4 N–H and O–H groups in total. The van der Waals surface area contributed by atoms with Crippen molar-refractivity contribution < 1.29 is 64.8 Å². The molecule has 0 saturated heterocycles. The highest BCUT2D eigenvalue weighted by molar-refractivity contribution is 9.11. The summed E-state index contributed by atoms with van der Waals surface area (Å²) in [6.07, 6.45) is -3.05. The molecule has 0 aromatic heterocycles. The second-order valence-corrected chi connectivity index (χ2v) is 16.4. The third-order valence-electron chi connectivity index (χ3n) is 9.16. The Bertz CT molecular complexity index is 2000. The monoisotopic (exact) mass is 1080 g/mol. The Kier molecular flexibility index (Phi) is 15.6. The van der Waals surface area contributed by atoms with Crippen LogP contribution in [-0.4, -0.2) is 66.0 Å². The van der Waals surface area contributed by atoms with E-state index in [9.17, 15) is 45.8 Å². The van der Waals surface area contributed by atoms with E-state index in [-0.39, 0.29) is 46.1 Å². The number of carbonyl (C=O) groups excluding carboxylic acids is 4. The number of alkyl carbamates (subject to hydrolysis) is 1. The maximum atomic E-state index is 12.9. The van der Waals surface area contributed by atoms with Gasteiger partial charge in [0, 0.05) is 42.1 Å². The van der Waals surface area contributed by atoms with Crippen LogP contribution in [-0.2, 0) is 19.1 Å². The zero-order valence-corrected chi connectivity index (χ0v) is 36.8. The molecule has 2 aliphatic heterocycles. The predicted molar refractivity (Wildman–Crippen MR) is 211 cm³/mol. The molecule has 0 bridgehead atoms. The molecule has 2 spiro atoms. The fraction of sp³-hybridized carbons (Fsp3) is 0.444. The number of halogens is 10. The minimum absolute atomic E-state index is 0.0594. The van der Waals surface area contributed by atoms with E-state index in [0.29, 0.717) is 44.3 Å². The van der Waals surface area contributed by atoms with Gasteiger partial charge in [-0.1, -0.05) is 25.7 Å². The van der Waals surface area contributed by atoms with Crippen LogP contribution in [0.1, 0.15) is 76.3 Å². The summed E-state index contributed by atoms with van der Waals surface area (Å²) in [7, 11) is 0. The van der Waals surface area contributed by atoms with Gasteiger partial charge in [-0.25, -0.2) is 14.6 Å². The van der Waals surface area contributed by atoms with Crippen LogP contribution in [0.4, 0.5) is 31.1 Å². The molecule has 0 radical (unpaired) electrons. The summed E-state index contributed by atoms with van der Waals surface area (Å²) in [5.74, 6) is -1.68. The van der Waals surface area contributed by atoms with Gasteiger partial charge < -0.3 is 35.3 Å². The molecule has 2 fully saturated rings. The van der Waals surface area contributed by atoms with Gasteiger partial charge in [0.2, 0.25) is 6.08 Å². The van der Waals surface area contributed by atoms with Gasteiger partial charge >= 0.3 is 18.8 Å². The van der Waals surface area contributed by atoms with Gasteiger partial charge in [-0.2, -0.15) is 0 Å². The number of hydrogen-bond acceptors (Lipinski definition) is 9. The maximum Gasteiger partial charge on any atom is 0.573 e. The highest BCUT2D eigenvalue weighted by atomic mass is 79.9. The number of aliphatic hydroxyl groups excluding tert-OH is 1. The molecule has 4 aliphatic rings. The lowest BCUT2D eigenvalue weighted by Crippen LogP contribution is -2.43. The Morgan fingerprint density at radius 2 is 1.17 bits per heavy atom. The molecule has 2 heterocycles. The number of aliphatic imine (C=N–C) groups is 1. The molecule has 58 heavy (non-hydrogen) atoms. The van der Waals surface area contributed by atoms with E-state index in [4.69, 9.17) is 9.53 Å². The lowest BCUT2D eigenvalue weighted by atomic mass is 9.94. The van der Waals surface area contributed by atoms with E-state index in [0.717, 1.165) is 49.9 Å². The number of nitrogens with one attached hydrogen (secondary N) is 3. The van der Waals surface area contributed by atoms with Crippen LogP contribution in [0.25, 0.3) is 11.1 Å². The maximum absolute atomic E-state index is 12.9. The van der Waals surface area contributed by atoms with Gasteiger partial charge in [-0.3, -0.25) is 9.59 Å². The molecule has 2 aromatic carbocycles. The number of rotatable bonds is 7. The van der Waals surface area contributed by atoms with Gasteiger partial charge in [0.25, 0.3) is 11.8 Å². The molecule has 3 amide bonds. The van der Waals surface area contributed by atoms with Crippen molar-refractivity contribution >= 4 is 98.9 Å². The summed E-state index contributed by atoms with van der Waals surface area (Å²) >= 11 is 12.8. The third-order valence-corrected chi connectivity index (χ3v) is 11.7. The molecule has 0 atom stereocenters. The first-order valence-electron chi connectivity index (χ1n) is 17.4. The standard InChI is InChI=1S/C18H17Br2F3N2O4.C15H12Br2F3NO3.C3H5NO/c1-2-24-16(27)28-14-13(15(26)25-17(14)5-3-4-6-17)12-10(19)7-9(8-11(12)20)29-18(21,22)23;16-8-5-7(24-15(18,19)20)6-9(17)10(8)11-12(22)14(21-13(11)23)3-1-2-4-14;1-2-4-3-5/h7-8H,2-6H2,1H3,(H,24,27)(H,25,26);5-6,22H,1-4H2,(H,21,23);2H2,1H3. The quantitative estimate of drug-likeness (QED) is 0.121. The molecular formula is C36H34Br4F6N4O8. The van der Waals surface area contributed by atoms with Crippen molar-refractivity contribution in [2.75, 3.05) is 13.1 Å². The average molecular weight is 1080 g/mol. The molecule has 316 valence electrons. The van der Waals surface area contributed by atoms with Gasteiger partial charge in [0.05, 0.1) is 22.2 Å². The summed E-state index contributed by atoms with van der Waals surface area (Å²) in [4.78, 5) is 49.7. The topological polar surface area (TPSA) is 165 Å². The number of ether oxygens (including phenoxy) is 3. The highest BCUT2D eigenvalue weighted by Gasteiger charge is 2.51. The first-order valence-corrected chi connectivity index (χ1v) is 20.6. The number of benzene rings is 2. The van der Waals surface area contributed by atoms with Crippen molar-refractivity contribution in [2.24, 2.45) is 4.99 Å². The zero-order chi connectivity index (χ0) is 43.2. The van der Waals surface area contributed by atoms with Crippen molar-refractivity contribution in [3.05, 3.63) is 64.8 Å². The van der Waals surface area contributed by atoms with Crippen LogP contribution >= 0.6 is 63.7 Å². The molecular weight excluding hydrogens is 1050 g/mol. The van der Waals surface area contributed by atoms with Crippen LogP contribution in [0.15, 0.2) is 58.7 Å². The van der Waals surface area contributed by atoms with Crippen molar-refractivity contribution in [3.8, 4) is 11.5 Å². The van der Waals surface area contributed by atoms with Crippen molar-refractivity contribution in [1.82, 2.24) is 16.0 Å². The Morgan fingerprint density at radius 1 is 0.776 bits per heavy atom. The number of hydrogen-bond donors (Lipinski definition) is 4. The van der Waals surface area contributed by atoms with E-state index >= 15 is 0 Å². The fourth-order valence-corrected chi connectivity index (χ4v) is 10.0. The van der Waals surface area contributed by atoms with Crippen LogP contribution in [0.2, 0.25) is 0 Å². The highest BCUT2D eigenvalue weighted by Crippen LogP contribution is 2.49. The van der Waals surface area contributed by atoms with Gasteiger partial charge in [0.15, 0.2) is 0 Å². The van der Waals surface area contributed by atoms with Crippen molar-refractivity contribution in [3.63, 3.8) is 0 Å². The van der Waals surface area contributed by atoms with E-state index in [2.05, 4.69) is 94.1 Å². The molecule has 2 aliphatic carbocycles. The first-order chi connectivity index (χ1) is 27.1. The van der Waals surface area contributed by atoms with E-state index < -0.39 is 53.2 Å². The smallest absolute Gasteiger partial charge is 0.509 e. The largest absolute Gasteiger partial charge is 0.573 e. The van der Waals surface area contributed by atoms with Crippen LogP contribution < -0.4 is 25.4 Å². The van der Waals surface area contributed by atoms with Gasteiger partial charge in [0.1, 0.15) is 23.0 Å².